The van der Waals surface area contributed by atoms with Crippen molar-refractivity contribution in [3.8, 4) is 34.2 Å². The van der Waals surface area contributed by atoms with Crippen LogP contribution in [-0.4, -0.2) is 24.1 Å². The molecule has 8 aromatic rings. The van der Waals surface area contributed by atoms with Gasteiger partial charge >= 0.3 is 0 Å². The summed E-state index contributed by atoms with van der Waals surface area (Å²) in [7, 11) is 0. The predicted octanol–water partition coefficient (Wildman–Crippen LogP) is 8.89. The maximum atomic E-state index is 5.26. The van der Waals surface area contributed by atoms with Crippen molar-refractivity contribution in [2.75, 3.05) is 0 Å². The van der Waals surface area contributed by atoms with Crippen LogP contribution in [0.4, 0.5) is 0 Å². The molecule has 3 aromatic heterocycles. The van der Waals surface area contributed by atoms with Gasteiger partial charge in [0.05, 0.1) is 27.8 Å². The molecule has 0 atom stereocenters. The average molecular weight is 554 g/mol. The van der Waals surface area contributed by atoms with E-state index in [0.29, 0.717) is 5.82 Å². The number of hydrogen-bond donors (Lipinski definition) is 0. The summed E-state index contributed by atoms with van der Waals surface area (Å²) in [6.45, 7) is 4.66. The summed E-state index contributed by atoms with van der Waals surface area (Å²) in [5, 5.41) is 2.53. The fourth-order valence-corrected chi connectivity index (χ4v) is 7.06. The van der Waals surface area contributed by atoms with Crippen LogP contribution in [0.25, 0.3) is 67.0 Å². The Balaban J connectivity index is 1.34. The molecule has 0 saturated carbocycles. The van der Waals surface area contributed by atoms with E-state index in [2.05, 4.69) is 136 Å². The molecule has 0 N–H and O–H groups in total. The third-order valence-corrected chi connectivity index (χ3v) is 9.06. The largest absolute Gasteiger partial charge is 0.309 e. The van der Waals surface area contributed by atoms with Crippen molar-refractivity contribution >= 4 is 32.8 Å². The summed E-state index contributed by atoms with van der Waals surface area (Å²) < 4.78 is 4.75. The summed E-state index contributed by atoms with van der Waals surface area (Å²) in [5.74, 6) is 1.59. The van der Waals surface area contributed by atoms with Crippen LogP contribution in [0.2, 0.25) is 0 Å². The lowest BCUT2D eigenvalue weighted by molar-refractivity contribution is 0.628. The summed E-state index contributed by atoms with van der Waals surface area (Å²) in [5.41, 5.74) is 11.1. The van der Waals surface area contributed by atoms with Gasteiger partial charge in [0.15, 0.2) is 5.82 Å². The third-order valence-electron chi connectivity index (χ3n) is 9.06. The molecule has 4 heterocycles. The molecule has 9 rings (SSSR count). The molecule has 0 unspecified atom stereocenters. The highest BCUT2D eigenvalue weighted by Gasteiger charge is 2.36. The first-order chi connectivity index (χ1) is 21.1. The smallest absolute Gasteiger partial charge is 0.159 e. The molecule has 5 aromatic carbocycles. The lowest BCUT2D eigenvalue weighted by Crippen LogP contribution is -2.26. The Morgan fingerprint density at radius 1 is 0.581 bits per heavy atom. The molecule has 5 heteroatoms. The van der Waals surface area contributed by atoms with Gasteiger partial charge in [-0.3, -0.25) is 4.57 Å². The third kappa shape index (κ3) is 3.30. The Morgan fingerprint density at radius 2 is 1.26 bits per heavy atom. The Hall–Kier alpha value is -5.55. The molecule has 0 fully saturated rings. The molecule has 43 heavy (non-hydrogen) atoms. The van der Waals surface area contributed by atoms with Crippen molar-refractivity contribution in [3.05, 3.63) is 139 Å². The van der Waals surface area contributed by atoms with Crippen LogP contribution in [0.15, 0.2) is 128 Å². The Morgan fingerprint density at radius 3 is 2.00 bits per heavy atom. The van der Waals surface area contributed by atoms with E-state index in [-0.39, 0.29) is 5.41 Å². The van der Waals surface area contributed by atoms with Crippen LogP contribution < -0.4 is 0 Å². The fraction of sp³-hybridized carbons (Fsp3) is 0.0789. The van der Waals surface area contributed by atoms with E-state index in [9.17, 15) is 0 Å². The van der Waals surface area contributed by atoms with Crippen LogP contribution in [0.1, 0.15) is 25.0 Å². The quantitative estimate of drug-likeness (QED) is 0.220. The maximum Gasteiger partial charge on any atom is 0.159 e. The van der Waals surface area contributed by atoms with E-state index in [4.69, 9.17) is 4.98 Å². The van der Waals surface area contributed by atoms with Gasteiger partial charge in [0, 0.05) is 45.4 Å². The number of aromatic nitrogens is 5. The molecule has 204 valence electrons. The molecule has 0 amide bonds. The molecule has 0 aliphatic carbocycles. The lowest BCUT2D eigenvalue weighted by Gasteiger charge is -2.35. The minimum Gasteiger partial charge on any atom is -0.309 e. The normalized spacial score (nSPS) is 13.5. The number of imidazole rings is 1. The van der Waals surface area contributed by atoms with Gasteiger partial charge in [-0.25, -0.2) is 15.0 Å². The van der Waals surface area contributed by atoms with Gasteiger partial charge in [0.1, 0.15) is 5.82 Å². The molecular weight excluding hydrogens is 526 g/mol. The number of fused-ring (bicyclic) bond motifs is 5. The Labute approximate surface area is 248 Å². The van der Waals surface area contributed by atoms with Gasteiger partial charge in [-0.2, -0.15) is 0 Å². The SMILES string of the molecule is CC1(C)c2cc(-n3c4ccccc4c4ccccc43)ccc2-n2c(-c3ccccc3-c3ncccn3)nc3cccc1c32. The molecular formula is C38H27N5. The highest BCUT2D eigenvalue weighted by molar-refractivity contribution is 6.09. The molecule has 0 saturated heterocycles. The summed E-state index contributed by atoms with van der Waals surface area (Å²) in [4.78, 5) is 14.4. The van der Waals surface area contributed by atoms with E-state index in [1.54, 1.807) is 12.4 Å². The van der Waals surface area contributed by atoms with E-state index >= 15 is 0 Å². The topological polar surface area (TPSA) is 48.5 Å². The van der Waals surface area contributed by atoms with Crippen molar-refractivity contribution in [3.63, 3.8) is 0 Å². The first-order valence-corrected chi connectivity index (χ1v) is 14.6. The molecule has 1 aliphatic heterocycles. The van der Waals surface area contributed by atoms with Crippen molar-refractivity contribution in [2.24, 2.45) is 0 Å². The van der Waals surface area contributed by atoms with E-state index in [0.717, 1.165) is 39.4 Å². The van der Waals surface area contributed by atoms with Crippen LogP contribution in [0.3, 0.4) is 0 Å². The zero-order valence-corrected chi connectivity index (χ0v) is 23.9. The number of nitrogens with zero attached hydrogens (tertiary/aromatic N) is 5. The zero-order chi connectivity index (χ0) is 28.7. The van der Waals surface area contributed by atoms with E-state index < -0.39 is 0 Å². The fourth-order valence-electron chi connectivity index (χ4n) is 7.06. The summed E-state index contributed by atoms with van der Waals surface area (Å²) in [6, 6.07) is 40.9. The molecule has 0 bridgehead atoms. The van der Waals surface area contributed by atoms with Gasteiger partial charge in [0.2, 0.25) is 0 Å². The van der Waals surface area contributed by atoms with Gasteiger partial charge in [-0.15, -0.1) is 0 Å². The second kappa shape index (κ2) is 8.73. The van der Waals surface area contributed by atoms with Crippen LogP contribution >= 0.6 is 0 Å². The van der Waals surface area contributed by atoms with Gasteiger partial charge < -0.3 is 4.57 Å². The first-order valence-electron chi connectivity index (χ1n) is 14.6. The van der Waals surface area contributed by atoms with Crippen LogP contribution in [0, 0.1) is 0 Å². The molecule has 0 radical (unpaired) electrons. The molecule has 1 aliphatic rings. The van der Waals surface area contributed by atoms with E-state index in [1.165, 1.54) is 32.9 Å². The average Bonchev–Trinajstić information content (AvgIpc) is 3.61. The second-order valence-electron chi connectivity index (χ2n) is 11.8. The highest BCUT2D eigenvalue weighted by Crippen LogP contribution is 2.47. The van der Waals surface area contributed by atoms with Gasteiger partial charge in [-0.1, -0.05) is 86.6 Å². The number of rotatable bonds is 3. The lowest BCUT2D eigenvalue weighted by atomic mass is 9.74. The van der Waals surface area contributed by atoms with Crippen molar-refractivity contribution in [1.82, 2.24) is 24.1 Å². The van der Waals surface area contributed by atoms with Gasteiger partial charge in [0.25, 0.3) is 0 Å². The minimum atomic E-state index is -0.237. The first kappa shape index (κ1) is 24.1. The van der Waals surface area contributed by atoms with Crippen LogP contribution in [0.5, 0.6) is 0 Å². The van der Waals surface area contributed by atoms with E-state index in [1.807, 2.05) is 12.1 Å². The highest BCUT2D eigenvalue weighted by atomic mass is 15.1. The van der Waals surface area contributed by atoms with Gasteiger partial charge in [-0.05, 0) is 53.6 Å². The molecule has 0 spiro atoms. The van der Waals surface area contributed by atoms with Crippen molar-refractivity contribution < 1.29 is 0 Å². The number of hydrogen-bond acceptors (Lipinski definition) is 3. The summed E-state index contributed by atoms with van der Waals surface area (Å²) >= 11 is 0. The Bertz CT molecular complexity index is 2320. The van der Waals surface area contributed by atoms with Crippen molar-refractivity contribution in [2.45, 2.75) is 19.3 Å². The van der Waals surface area contributed by atoms with Crippen LogP contribution in [-0.2, 0) is 5.41 Å². The number of benzene rings is 5. The van der Waals surface area contributed by atoms with Crippen molar-refractivity contribution in [1.29, 1.82) is 0 Å². The predicted molar refractivity (Wildman–Crippen MR) is 174 cm³/mol. The monoisotopic (exact) mass is 553 g/mol. The standard InChI is InChI=1S/C38H27N5/c1-38(2)29-15-9-16-31-35(29)43(37(41-31)28-14-4-3-13-27(28)36-39-21-10-22-40-36)34-20-19-24(23-30(34)38)42-32-17-7-5-11-25(32)26-12-6-8-18-33(26)42/h3-23H,1-2H3. The summed E-state index contributed by atoms with van der Waals surface area (Å²) in [6.07, 6.45) is 3.58. The minimum absolute atomic E-state index is 0.237. The second-order valence-corrected chi connectivity index (χ2v) is 11.8. The molecule has 5 nitrogen and oxygen atoms in total. The number of para-hydroxylation sites is 3. The Kier molecular flexibility index (Phi) is 4.89. The maximum absolute atomic E-state index is 5.26. The zero-order valence-electron chi connectivity index (χ0n) is 23.9.